The van der Waals surface area contributed by atoms with Gasteiger partial charge in [-0.2, -0.15) is 10.2 Å². The van der Waals surface area contributed by atoms with E-state index in [2.05, 4.69) is 25.9 Å². The number of amides is 2. The molecule has 2 aromatic carbocycles. The van der Waals surface area contributed by atoms with Gasteiger partial charge in [0, 0.05) is 17.1 Å². The Balaban J connectivity index is 1.40. The normalized spacial score (nSPS) is 16.9. The monoisotopic (exact) mass is 514 g/mol. The van der Waals surface area contributed by atoms with Crippen molar-refractivity contribution in [2.45, 2.75) is 25.5 Å². The van der Waals surface area contributed by atoms with Crippen molar-refractivity contribution in [2.24, 2.45) is 10.2 Å². The van der Waals surface area contributed by atoms with Crippen molar-refractivity contribution in [2.75, 3.05) is 5.32 Å². The minimum absolute atomic E-state index is 0.0183. The summed E-state index contributed by atoms with van der Waals surface area (Å²) in [7, 11) is 0. The molecule has 174 valence electrons. The van der Waals surface area contributed by atoms with Crippen molar-refractivity contribution >= 4 is 63.8 Å². The Labute approximate surface area is 210 Å². The van der Waals surface area contributed by atoms with Gasteiger partial charge in [-0.25, -0.2) is 4.68 Å². The smallest absolute Gasteiger partial charge is 0.240 e. The molecule has 1 atom stereocenters. The quantitative estimate of drug-likeness (QED) is 0.366. The molecule has 3 aromatic rings. The Morgan fingerprint density at radius 2 is 2.00 bits per heavy atom. The van der Waals surface area contributed by atoms with Gasteiger partial charge in [-0.05, 0) is 44.2 Å². The van der Waals surface area contributed by atoms with Crippen molar-refractivity contribution in [3.63, 3.8) is 0 Å². The lowest BCUT2D eigenvalue weighted by Crippen LogP contribution is -2.28. The van der Waals surface area contributed by atoms with Crippen LogP contribution in [-0.2, 0) is 9.59 Å². The summed E-state index contributed by atoms with van der Waals surface area (Å²) in [6.07, 6.45) is 1.49. The van der Waals surface area contributed by atoms with Crippen LogP contribution in [0.4, 0.5) is 5.69 Å². The summed E-state index contributed by atoms with van der Waals surface area (Å²) in [5.41, 5.74) is 3.75. The van der Waals surface area contributed by atoms with Crippen LogP contribution < -0.4 is 10.6 Å². The minimum Gasteiger partial charge on any atom is -0.326 e. The van der Waals surface area contributed by atoms with E-state index < -0.39 is 5.25 Å². The Kier molecular flexibility index (Phi) is 7.35. The SMILES string of the molecule is Cc1ccc(NC(=O)CC2SC(=NN=Cc3c(C)nn(-c4cccc(Cl)c4)c3Cl)NC2=O)cc1. The zero-order valence-corrected chi connectivity index (χ0v) is 20.6. The van der Waals surface area contributed by atoms with E-state index in [0.717, 1.165) is 23.0 Å². The number of carbonyl (C=O) groups excluding carboxylic acids is 2. The van der Waals surface area contributed by atoms with Crippen LogP contribution in [-0.4, -0.2) is 38.2 Å². The van der Waals surface area contributed by atoms with Gasteiger partial charge in [0.05, 0.1) is 23.2 Å². The zero-order chi connectivity index (χ0) is 24.2. The Morgan fingerprint density at radius 1 is 1.24 bits per heavy atom. The summed E-state index contributed by atoms with van der Waals surface area (Å²) in [6.45, 7) is 3.77. The maximum atomic E-state index is 12.3. The van der Waals surface area contributed by atoms with Gasteiger partial charge >= 0.3 is 0 Å². The highest BCUT2D eigenvalue weighted by molar-refractivity contribution is 8.15. The first-order valence-electron chi connectivity index (χ1n) is 10.3. The number of rotatable bonds is 6. The summed E-state index contributed by atoms with van der Waals surface area (Å²) in [5, 5.41) is 18.6. The predicted molar refractivity (Wildman–Crippen MR) is 137 cm³/mol. The molecule has 0 radical (unpaired) electrons. The number of aryl methyl sites for hydroxylation is 2. The van der Waals surface area contributed by atoms with E-state index >= 15 is 0 Å². The van der Waals surface area contributed by atoms with E-state index in [1.807, 2.05) is 43.3 Å². The molecular weight excluding hydrogens is 495 g/mol. The van der Waals surface area contributed by atoms with Crippen LogP contribution >= 0.6 is 35.0 Å². The maximum Gasteiger partial charge on any atom is 0.240 e. The molecule has 0 saturated carbocycles. The van der Waals surface area contributed by atoms with Gasteiger partial charge in [-0.3, -0.25) is 9.59 Å². The number of carbonyl (C=O) groups is 2. The fraction of sp³-hybridized carbons (Fsp3) is 0.174. The molecule has 4 rings (SSSR count). The number of anilines is 1. The van der Waals surface area contributed by atoms with Crippen LogP contribution in [0.1, 0.15) is 23.2 Å². The minimum atomic E-state index is -0.588. The molecule has 0 aliphatic carbocycles. The van der Waals surface area contributed by atoms with Gasteiger partial charge < -0.3 is 10.6 Å². The molecule has 1 saturated heterocycles. The molecule has 0 bridgehead atoms. The van der Waals surface area contributed by atoms with Gasteiger partial charge in [-0.1, -0.05) is 58.7 Å². The van der Waals surface area contributed by atoms with Crippen LogP contribution in [0.2, 0.25) is 10.2 Å². The Hall–Kier alpha value is -3.14. The first-order valence-corrected chi connectivity index (χ1v) is 11.9. The highest BCUT2D eigenvalue weighted by Crippen LogP contribution is 2.25. The molecule has 34 heavy (non-hydrogen) atoms. The number of nitrogens with zero attached hydrogens (tertiary/aromatic N) is 4. The lowest BCUT2D eigenvalue weighted by atomic mass is 10.2. The maximum absolute atomic E-state index is 12.3. The molecule has 8 nitrogen and oxygen atoms in total. The van der Waals surface area contributed by atoms with Gasteiger partial charge in [0.25, 0.3) is 0 Å². The lowest BCUT2D eigenvalue weighted by Gasteiger charge is -2.07. The first-order chi connectivity index (χ1) is 16.3. The number of amidine groups is 1. The number of halogens is 2. The highest BCUT2D eigenvalue weighted by atomic mass is 35.5. The van der Waals surface area contributed by atoms with Crippen molar-refractivity contribution in [3.05, 3.63) is 75.5 Å². The third-order valence-electron chi connectivity index (χ3n) is 4.92. The second kappa shape index (κ2) is 10.4. The average molecular weight is 515 g/mol. The molecule has 2 N–H and O–H groups in total. The molecule has 1 aliphatic heterocycles. The number of nitrogens with one attached hydrogen (secondary N) is 2. The molecular formula is C23H20Cl2N6O2S. The fourth-order valence-corrected chi connectivity index (χ4v) is 4.61. The second-order valence-corrected chi connectivity index (χ2v) is 9.53. The third-order valence-corrected chi connectivity index (χ3v) is 6.59. The van der Waals surface area contributed by atoms with E-state index in [1.54, 1.807) is 23.7 Å². The van der Waals surface area contributed by atoms with Gasteiger partial charge in [-0.15, -0.1) is 5.10 Å². The number of aromatic nitrogens is 2. The van der Waals surface area contributed by atoms with E-state index in [4.69, 9.17) is 23.2 Å². The van der Waals surface area contributed by atoms with Crippen LogP contribution in [0, 0.1) is 13.8 Å². The number of thioether (sulfide) groups is 1. The van der Waals surface area contributed by atoms with Crippen LogP contribution in [0.15, 0.2) is 58.7 Å². The average Bonchev–Trinajstić information content (AvgIpc) is 3.28. The van der Waals surface area contributed by atoms with Gasteiger partial charge in [0.2, 0.25) is 11.8 Å². The van der Waals surface area contributed by atoms with E-state index in [9.17, 15) is 9.59 Å². The molecule has 11 heteroatoms. The number of benzene rings is 2. The van der Waals surface area contributed by atoms with Gasteiger partial charge in [0.1, 0.15) is 10.4 Å². The van der Waals surface area contributed by atoms with E-state index in [1.165, 1.54) is 6.21 Å². The van der Waals surface area contributed by atoms with Crippen molar-refractivity contribution in [1.82, 2.24) is 15.1 Å². The Bertz CT molecular complexity index is 1300. The van der Waals surface area contributed by atoms with Crippen LogP contribution in [0.25, 0.3) is 5.69 Å². The second-order valence-electron chi connectivity index (χ2n) is 7.55. The van der Waals surface area contributed by atoms with Crippen molar-refractivity contribution < 1.29 is 9.59 Å². The molecule has 1 aromatic heterocycles. The van der Waals surface area contributed by atoms with E-state index in [-0.39, 0.29) is 18.2 Å². The van der Waals surface area contributed by atoms with Crippen LogP contribution in [0.5, 0.6) is 0 Å². The van der Waals surface area contributed by atoms with Crippen molar-refractivity contribution in [3.8, 4) is 5.69 Å². The molecule has 1 unspecified atom stereocenters. The summed E-state index contributed by atoms with van der Waals surface area (Å²) in [6, 6.07) is 14.6. The van der Waals surface area contributed by atoms with E-state index in [0.29, 0.717) is 32.3 Å². The largest absolute Gasteiger partial charge is 0.326 e. The molecule has 1 aliphatic rings. The topological polar surface area (TPSA) is 101 Å². The molecule has 2 heterocycles. The third kappa shape index (κ3) is 5.67. The Morgan fingerprint density at radius 3 is 2.74 bits per heavy atom. The molecule has 0 spiro atoms. The van der Waals surface area contributed by atoms with Crippen molar-refractivity contribution in [1.29, 1.82) is 0 Å². The summed E-state index contributed by atoms with van der Waals surface area (Å²) < 4.78 is 1.56. The summed E-state index contributed by atoms with van der Waals surface area (Å²) in [5.74, 6) is -0.543. The summed E-state index contributed by atoms with van der Waals surface area (Å²) >= 11 is 13.7. The lowest BCUT2D eigenvalue weighted by molar-refractivity contribution is -0.122. The fourth-order valence-electron chi connectivity index (χ4n) is 3.18. The number of hydrogen-bond acceptors (Lipinski definition) is 6. The van der Waals surface area contributed by atoms with Gasteiger partial charge in [0.15, 0.2) is 5.17 Å². The first kappa shape index (κ1) is 24.0. The molecule has 2 amide bonds. The zero-order valence-electron chi connectivity index (χ0n) is 18.3. The summed E-state index contributed by atoms with van der Waals surface area (Å²) in [4.78, 5) is 24.6. The van der Waals surface area contributed by atoms with Crippen LogP contribution in [0.3, 0.4) is 0 Å². The highest BCUT2D eigenvalue weighted by Gasteiger charge is 2.32. The predicted octanol–water partition coefficient (Wildman–Crippen LogP) is 4.75. The molecule has 1 fully saturated rings. The number of hydrogen-bond donors (Lipinski definition) is 2. The standard InChI is InChI=1S/C23H20Cl2N6O2S/c1-13-6-8-16(9-7-13)27-20(32)11-19-22(33)28-23(34-19)29-26-12-18-14(2)30-31(21(18)25)17-5-3-4-15(24)10-17/h3-10,12,19H,11H2,1-2H3,(H,27,32)(H,28,29,33).